The topological polar surface area (TPSA) is 17.1 Å². The molecule has 0 amide bonds. The highest BCUT2D eigenvalue weighted by Crippen LogP contribution is 2.24. The molecule has 1 aromatic heterocycles. The molecule has 0 radical (unpaired) electrons. The Bertz CT molecular complexity index is 567. The lowest BCUT2D eigenvalue weighted by molar-refractivity contribution is 0.104. The van der Waals surface area contributed by atoms with Crippen molar-refractivity contribution < 1.29 is 13.6 Å². The molecule has 17 heavy (non-hydrogen) atoms. The summed E-state index contributed by atoms with van der Waals surface area (Å²) in [7, 11) is 0. The number of rotatable bonds is 2. The van der Waals surface area contributed by atoms with E-state index in [1.165, 1.54) is 11.3 Å². The van der Waals surface area contributed by atoms with Gasteiger partial charge in [-0.25, -0.2) is 8.78 Å². The molecule has 1 aromatic carbocycles. The predicted octanol–water partition coefficient (Wildman–Crippen LogP) is 3.87. The number of aryl methyl sites for hydroxylation is 2. The summed E-state index contributed by atoms with van der Waals surface area (Å²) in [4.78, 5) is 13.6. The van der Waals surface area contributed by atoms with Crippen molar-refractivity contribution in [1.29, 1.82) is 0 Å². The van der Waals surface area contributed by atoms with E-state index in [4.69, 9.17) is 0 Å². The van der Waals surface area contributed by atoms with E-state index >= 15 is 0 Å². The lowest BCUT2D eigenvalue weighted by atomic mass is 10.1. The van der Waals surface area contributed by atoms with Crippen molar-refractivity contribution in [1.82, 2.24) is 0 Å². The number of carbonyl (C=O) groups is 1. The van der Waals surface area contributed by atoms with Gasteiger partial charge in [-0.1, -0.05) is 0 Å². The Kier molecular flexibility index (Phi) is 3.07. The van der Waals surface area contributed by atoms with E-state index in [1.54, 1.807) is 0 Å². The minimum Gasteiger partial charge on any atom is -0.288 e. The third-order valence-corrected chi connectivity index (χ3v) is 3.52. The molecule has 0 aliphatic heterocycles. The largest absolute Gasteiger partial charge is 0.288 e. The maximum absolute atomic E-state index is 13.0. The van der Waals surface area contributed by atoms with E-state index in [-0.39, 0.29) is 11.3 Å². The van der Waals surface area contributed by atoms with Crippen LogP contribution < -0.4 is 0 Å². The number of hydrogen-bond donors (Lipinski definition) is 0. The summed E-state index contributed by atoms with van der Waals surface area (Å²) in [6.07, 6.45) is 0. The second-order valence-corrected chi connectivity index (χ2v) is 5.11. The maximum atomic E-state index is 13.0. The third-order valence-electron chi connectivity index (χ3n) is 2.37. The molecule has 0 N–H and O–H groups in total. The molecule has 0 aliphatic rings. The first-order valence-corrected chi connectivity index (χ1v) is 5.87. The van der Waals surface area contributed by atoms with Gasteiger partial charge in [0.15, 0.2) is 0 Å². The number of halogens is 2. The highest BCUT2D eigenvalue weighted by Gasteiger charge is 2.16. The molecule has 0 bridgehead atoms. The van der Waals surface area contributed by atoms with Gasteiger partial charge in [-0.15, -0.1) is 11.3 Å². The summed E-state index contributed by atoms with van der Waals surface area (Å²) in [5.41, 5.74) is 0.884. The monoisotopic (exact) mass is 252 g/mol. The van der Waals surface area contributed by atoms with Crippen molar-refractivity contribution in [2.45, 2.75) is 13.8 Å². The highest BCUT2D eigenvalue weighted by atomic mass is 32.1. The Morgan fingerprint density at radius 1 is 1.06 bits per heavy atom. The molecule has 0 spiro atoms. The summed E-state index contributed by atoms with van der Waals surface area (Å²) in [6, 6.07) is 4.75. The normalized spacial score (nSPS) is 10.6. The lowest BCUT2D eigenvalue weighted by Gasteiger charge is -2.00. The van der Waals surface area contributed by atoms with Gasteiger partial charge in [0.2, 0.25) is 5.78 Å². The predicted molar refractivity (Wildman–Crippen MR) is 63.6 cm³/mol. The van der Waals surface area contributed by atoms with Crippen LogP contribution >= 0.6 is 11.3 Å². The molecular weight excluding hydrogens is 242 g/mol. The Morgan fingerprint density at radius 3 is 2.12 bits per heavy atom. The zero-order valence-corrected chi connectivity index (χ0v) is 10.2. The molecule has 88 valence electrons. The molecule has 0 fully saturated rings. The van der Waals surface area contributed by atoms with Crippen molar-refractivity contribution in [3.05, 3.63) is 56.8 Å². The summed E-state index contributed by atoms with van der Waals surface area (Å²) in [5.74, 6) is -1.81. The first-order chi connectivity index (χ1) is 7.97. The number of ketones is 1. The number of thiophene rings is 1. The van der Waals surface area contributed by atoms with E-state index in [0.717, 1.165) is 28.6 Å². The Hall–Kier alpha value is -1.55. The lowest BCUT2D eigenvalue weighted by Crippen LogP contribution is -2.01. The SMILES string of the molecule is Cc1cc(C)c(C(=O)c2cc(F)cc(F)c2)s1. The van der Waals surface area contributed by atoms with Crippen LogP contribution in [0.25, 0.3) is 0 Å². The van der Waals surface area contributed by atoms with Gasteiger partial charge in [0, 0.05) is 16.5 Å². The molecular formula is C13H10F2OS. The van der Waals surface area contributed by atoms with Gasteiger partial charge >= 0.3 is 0 Å². The summed E-state index contributed by atoms with van der Waals surface area (Å²) in [6.45, 7) is 3.70. The van der Waals surface area contributed by atoms with Gasteiger partial charge in [0.1, 0.15) is 11.6 Å². The fourth-order valence-corrected chi connectivity index (χ4v) is 2.67. The Balaban J connectivity index is 2.47. The van der Waals surface area contributed by atoms with Crippen LogP contribution in [0.5, 0.6) is 0 Å². The van der Waals surface area contributed by atoms with Gasteiger partial charge < -0.3 is 0 Å². The zero-order valence-electron chi connectivity index (χ0n) is 9.38. The van der Waals surface area contributed by atoms with Crippen LogP contribution in [0.1, 0.15) is 25.7 Å². The second kappa shape index (κ2) is 4.37. The van der Waals surface area contributed by atoms with Crippen LogP contribution in [0.2, 0.25) is 0 Å². The van der Waals surface area contributed by atoms with Crippen molar-refractivity contribution in [3.8, 4) is 0 Å². The van der Waals surface area contributed by atoms with Gasteiger partial charge in [-0.05, 0) is 37.6 Å². The molecule has 0 saturated carbocycles. The van der Waals surface area contributed by atoms with E-state index < -0.39 is 11.6 Å². The first-order valence-electron chi connectivity index (χ1n) is 5.05. The fraction of sp³-hybridized carbons (Fsp3) is 0.154. The van der Waals surface area contributed by atoms with Crippen LogP contribution in [-0.4, -0.2) is 5.78 Å². The molecule has 0 unspecified atom stereocenters. The standard InChI is InChI=1S/C13H10F2OS/c1-7-3-8(2)17-13(7)12(16)9-4-10(14)6-11(15)5-9/h3-6H,1-2H3. The van der Waals surface area contributed by atoms with Gasteiger partial charge in [-0.3, -0.25) is 4.79 Å². The first kappa shape index (κ1) is 11.9. The van der Waals surface area contributed by atoms with Crippen LogP contribution in [0, 0.1) is 25.5 Å². The molecule has 2 aromatic rings. The molecule has 1 nitrogen and oxygen atoms in total. The summed E-state index contributed by atoms with van der Waals surface area (Å²) >= 11 is 1.33. The Morgan fingerprint density at radius 2 is 1.65 bits per heavy atom. The van der Waals surface area contributed by atoms with Crippen LogP contribution in [0.3, 0.4) is 0 Å². The highest BCUT2D eigenvalue weighted by molar-refractivity contribution is 7.14. The minimum atomic E-state index is -0.737. The number of hydrogen-bond acceptors (Lipinski definition) is 2. The van der Waals surface area contributed by atoms with Crippen LogP contribution in [-0.2, 0) is 0 Å². The smallest absolute Gasteiger partial charge is 0.203 e. The molecule has 0 aliphatic carbocycles. The van der Waals surface area contributed by atoms with E-state index in [9.17, 15) is 13.6 Å². The van der Waals surface area contributed by atoms with Crippen molar-refractivity contribution in [2.24, 2.45) is 0 Å². The van der Waals surface area contributed by atoms with E-state index in [1.807, 2.05) is 19.9 Å². The summed E-state index contributed by atoms with van der Waals surface area (Å²) in [5, 5.41) is 0. The van der Waals surface area contributed by atoms with Crippen molar-refractivity contribution >= 4 is 17.1 Å². The van der Waals surface area contributed by atoms with Crippen molar-refractivity contribution in [3.63, 3.8) is 0 Å². The zero-order chi connectivity index (χ0) is 12.6. The van der Waals surface area contributed by atoms with Gasteiger partial charge in [0.25, 0.3) is 0 Å². The molecule has 0 saturated heterocycles. The average molecular weight is 252 g/mol. The van der Waals surface area contributed by atoms with Crippen molar-refractivity contribution in [2.75, 3.05) is 0 Å². The second-order valence-electron chi connectivity index (χ2n) is 3.86. The number of benzene rings is 1. The third kappa shape index (κ3) is 2.42. The maximum Gasteiger partial charge on any atom is 0.203 e. The molecule has 1 heterocycles. The molecule has 4 heteroatoms. The van der Waals surface area contributed by atoms with Crippen LogP contribution in [0.4, 0.5) is 8.78 Å². The molecule has 0 atom stereocenters. The van der Waals surface area contributed by atoms with E-state index in [0.29, 0.717) is 4.88 Å². The quantitative estimate of drug-likeness (QED) is 0.741. The van der Waals surface area contributed by atoms with Crippen LogP contribution in [0.15, 0.2) is 24.3 Å². The average Bonchev–Trinajstić information content (AvgIpc) is 2.55. The number of carbonyl (C=O) groups excluding carboxylic acids is 1. The Labute approximate surface area is 102 Å². The van der Waals surface area contributed by atoms with Gasteiger partial charge in [-0.2, -0.15) is 0 Å². The minimum absolute atomic E-state index is 0.0486. The summed E-state index contributed by atoms with van der Waals surface area (Å²) < 4.78 is 26.0. The van der Waals surface area contributed by atoms with E-state index in [2.05, 4.69) is 0 Å². The molecule has 2 rings (SSSR count). The fourth-order valence-electron chi connectivity index (χ4n) is 1.68. The van der Waals surface area contributed by atoms with Gasteiger partial charge in [0.05, 0.1) is 4.88 Å².